The second kappa shape index (κ2) is 10.1. The van der Waals surface area contributed by atoms with Gasteiger partial charge < -0.3 is 9.16 Å². The van der Waals surface area contributed by atoms with Crippen LogP contribution in [0.3, 0.4) is 0 Å². The van der Waals surface area contributed by atoms with E-state index in [1.54, 1.807) is 0 Å². The lowest BCUT2D eigenvalue weighted by Gasteiger charge is -2.45. The van der Waals surface area contributed by atoms with Gasteiger partial charge in [-0.1, -0.05) is 112 Å². The van der Waals surface area contributed by atoms with Gasteiger partial charge in [-0.3, -0.25) is 4.90 Å². The maximum Gasteiger partial charge on any atom is 0.261 e. The highest BCUT2D eigenvalue weighted by atomic mass is 28.4. The minimum absolute atomic E-state index is 0.0262. The molecule has 1 aliphatic heterocycles. The molecular weight excluding hydrogens is 410 g/mol. The van der Waals surface area contributed by atoms with Crippen LogP contribution in [0.5, 0.6) is 0 Å². The van der Waals surface area contributed by atoms with E-state index in [0.29, 0.717) is 13.2 Å². The molecular formula is C28H34NO2Si. The third kappa shape index (κ3) is 4.89. The van der Waals surface area contributed by atoms with Crippen LogP contribution >= 0.6 is 0 Å². The second-order valence-electron chi connectivity index (χ2n) is 9.54. The summed E-state index contributed by atoms with van der Waals surface area (Å²) in [6.07, 6.45) is 0. The van der Waals surface area contributed by atoms with Crippen LogP contribution in [0, 0.1) is 6.61 Å². The number of hydrogen-bond acceptors (Lipinski definition) is 3. The molecule has 0 spiro atoms. The van der Waals surface area contributed by atoms with Crippen LogP contribution in [0.15, 0.2) is 91.0 Å². The molecule has 0 aromatic heterocycles. The fraction of sp³-hybridized carbons (Fsp3) is 0.321. The molecule has 0 aliphatic carbocycles. The zero-order valence-electron chi connectivity index (χ0n) is 19.4. The van der Waals surface area contributed by atoms with E-state index >= 15 is 0 Å². The van der Waals surface area contributed by atoms with E-state index in [4.69, 9.17) is 9.16 Å². The standard InChI is InChI=1S/C28H34NO2Si/c1-28(2,3)32(26-15-9-5-10-16-26,27-17-11-6-12-18-27)31-23-25-22-30-20-19-29(25)21-24-13-7-4-8-14-24/h4-18,20,25H,19,21-23H2,1-3H3/t25-/m1/s1. The summed E-state index contributed by atoms with van der Waals surface area (Å²) >= 11 is 0. The Bertz CT molecular complexity index is 917. The zero-order chi connectivity index (χ0) is 22.4. The molecule has 1 atom stereocenters. The van der Waals surface area contributed by atoms with Crippen LogP contribution in [-0.2, 0) is 15.7 Å². The summed E-state index contributed by atoms with van der Waals surface area (Å²) in [5, 5.41) is 2.61. The van der Waals surface area contributed by atoms with Gasteiger partial charge in [0.05, 0.1) is 25.9 Å². The summed E-state index contributed by atoms with van der Waals surface area (Å²) in [6, 6.07) is 32.6. The Morgan fingerprint density at radius 2 is 1.38 bits per heavy atom. The molecule has 0 bridgehead atoms. The van der Waals surface area contributed by atoms with E-state index in [9.17, 15) is 0 Å². The van der Waals surface area contributed by atoms with Crippen molar-refractivity contribution < 1.29 is 9.16 Å². The van der Waals surface area contributed by atoms with Gasteiger partial charge in [0.15, 0.2) is 0 Å². The predicted molar refractivity (Wildman–Crippen MR) is 134 cm³/mol. The fourth-order valence-corrected chi connectivity index (χ4v) is 9.33. The highest BCUT2D eigenvalue weighted by molar-refractivity contribution is 6.99. The van der Waals surface area contributed by atoms with E-state index in [2.05, 4.69) is 117 Å². The van der Waals surface area contributed by atoms with Gasteiger partial charge >= 0.3 is 0 Å². The lowest BCUT2D eigenvalue weighted by atomic mass is 10.1. The molecule has 1 aliphatic rings. The minimum Gasteiger partial charge on any atom is -0.406 e. The van der Waals surface area contributed by atoms with Gasteiger partial charge in [0.25, 0.3) is 8.32 Å². The number of nitrogens with zero attached hydrogens (tertiary/aromatic N) is 1. The molecule has 3 aromatic rings. The average molecular weight is 445 g/mol. The summed E-state index contributed by atoms with van der Waals surface area (Å²) in [5.41, 5.74) is 1.32. The molecule has 1 radical (unpaired) electrons. The van der Waals surface area contributed by atoms with Gasteiger partial charge in [-0.2, -0.15) is 0 Å². The van der Waals surface area contributed by atoms with Crippen molar-refractivity contribution >= 4 is 18.7 Å². The summed E-state index contributed by atoms with van der Waals surface area (Å²) in [5.74, 6) is 0. The minimum atomic E-state index is -2.55. The lowest BCUT2D eigenvalue weighted by molar-refractivity contribution is 0.00485. The first-order chi connectivity index (χ1) is 15.5. The molecule has 3 aromatic carbocycles. The molecule has 4 rings (SSSR count). The molecule has 0 unspecified atom stereocenters. The Balaban J connectivity index is 1.65. The third-order valence-electron chi connectivity index (χ3n) is 6.37. The van der Waals surface area contributed by atoms with Crippen molar-refractivity contribution in [2.24, 2.45) is 0 Å². The quantitative estimate of drug-likeness (QED) is 0.496. The number of ether oxygens (including phenoxy) is 1. The van der Waals surface area contributed by atoms with Crippen LogP contribution in [0.2, 0.25) is 5.04 Å². The fourth-order valence-electron chi connectivity index (χ4n) is 4.73. The van der Waals surface area contributed by atoms with Crippen molar-refractivity contribution in [3.8, 4) is 0 Å². The Hall–Kier alpha value is -2.24. The number of hydrogen-bond donors (Lipinski definition) is 0. The maximum atomic E-state index is 7.18. The summed E-state index contributed by atoms with van der Waals surface area (Å²) < 4.78 is 13.0. The van der Waals surface area contributed by atoms with E-state index in [1.807, 2.05) is 6.61 Å². The Kier molecular flexibility index (Phi) is 7.26. The van der Waals surface area contributed by atoms with E-state index in [0.717, 1.165) is 13.1 Å². The highest BCUT2D eigenvalue weighted by Gasteiger charge is 2.50. The van der Waals surface area contributed by atoms with Crippen molar-refractivity contribution in [2.45, 2.75) is 38.4 Å². The van der Waals surface area contributed by atoms with Crippen LogP contribution in [0.1, 0.15) is 26.3 Å². The number of benzene rings is 3. The summed E-state index contributed by atoms with van der Waals surface area (Å²) in [4.78, 5) is 2.47. The van der Waals surface area contributed by atoms with Crippen molar-refractivity contribution in [2.75, 3.05) is 19.8 Å². The van der Waals surface area contributed by atoms with Gasteiger partial charge in [0.1, 0.15) is 0 Å². The predicted octanol–water partition coefficient (Wildman–Crippen LogP) is 4.63. The molecule has 0 N–H and O–H groups in total. The van der Waals surface area contributed by atoms with E-state index in [-0.39, 0.29) is 11.1 Å². The second-order valence-corrected chi connectivity index (χ2v) is 13.8. The van der Waals surface area contributed by atoms with Gasteiger partial charge in [0.2, 0.25) is 0 Å². The molecule has 1 heterocycles. The Morgan fingerprint density at radius 1 is 0.844 bits per heavy atom. The molecule has 4 heteroatoms. The van der Waals surface area contributed by atoms with Crippen LogP contribution in [-0.4, -0.2) is 39.0 Å². The van der Waals surface area contributed by atoms with Crippen LogP contribution < -0.4 is 10.4 Å². The highest BCUT2D eigenvalue weighted by Crippen LogP contribution is 2.37. The topological polar surface area (TPSA) is 21.7 Å². The third-order valence-corrected chi connectivity index (χ3v) is 11.4. The summed E-state index contributed by atoms with van der Waals surface area (Å²) in [7, 11) is -2.55. The van der Waals surface area contributed by atoms with Crippen molar-refractivity contribution in [1.29, 1.82) is 0 Å². The van der Waals surface area contributed by atoms with Crippen LogP contribution in [0.25, 0.3) is 0 Å². The smallest absolute Gasteiger partial charge is 0.261 e. The van der Waals surface area contributed by atoms with Crippen molar-refractivity contribution in [1.82, 2.24) is 4.90 Å². The van der Waals surface area contributed by atoms with Crippen molar-refractivity contribution in [3.05, 3.63) is 103 Å². The van der Waals surface area contributed by atoms with Crippen molar-refractivity contribution in [3.63, 3.8) is 0 Å². The first-order valence-electron chi connectivity index (χ1n) is 11.5. The van der Waals surface area contributed by atoms with E-state index in [1.165, 1.54) is 15.9 Å². The molecule has 1 saturated heterocycles. The Morgan fingerprint density at radius 3 is 1.91 bits per heavy atom. The molecule has 3 nitrogen and oxygen atoms in total. The van der Waals surface area contributed by atoms with Gasteiger partial charge in [-0.05, 0) is 21.0 Å². The molecule has 0 amide bonds. The number of rotatable bonds is 7. The first-order valence-corrected chi connectivity index (χ1v) is 13.4. The van der Waals surface area contributed by atoms with Crippen LogP contribution in [0.4, 0.5) is 0 Å². The summed E-state index contributed by atoms with van der Waals surface area (Å²) in [6.45, 7) is 11.9. The zero-order valence-corrected chi connectivity index (χ0v) is 20.4. The molecule has 1 fully saturated rings. The largest absolute Gasteiger partial charge is 0.406 e. The Labute approximate surface area is 194 Å². The normalized spacial score (nSPS) is 17.9. The maximum absolute atomic E-state index is 7.18. The molecule has 167 valence electrons. The molecule has 0 saturated carbocycles. The van der Waals surface area contributed by atoms with E-state index < -0.39 is 8.32 Å². The van der Waals surface area contributed by atoms with Gasteiger partial charge in [0, 0.05) is 13.1 Å². The SMILES string of the molecule is CC(C)(C)[Si](OC[C@H]1CO[CH]CN1Cc1ccccc1)(c1ccccc1)c1ccccc1. The average Bonchev–Trinajstić information content (AvgIpc) is 2.82. The lowest BCUT2D eigenvalue weighted by Crippen LogP contribution is -2.67. The van der Waals surface area contributed by atoms with Gasteiger partial charge in [-0.25, -0.2) is 0 Å². The first kappa shape index (κ1) is 22.9. The monoisotopic (exact) mass is 444 g/mol. The number of morpholine rings is 1. The molecule has 32 heavy (non-hydrogen) atoms. The van der Waals surface area contributed by atoms with Gasteiger partial charge in [-0.15, -0.1) is 0 Å².